The molecule has 1 unspecified atom stereocenters. The predicted molar refractivity (Wildman–Crippen MR) is 98.4 cm³/mol. The average Bonchev–Trinajstić information content (AvgIpc) is 2.52. The van der Waals surface area contributed by atoms with Crippen LogP contribution in [-0.4, -0.2) is 49.8 Å². The summed E-state index contributed by atoms with van der Waals surface area (Å²) in [5.74, 6) is -1.18. The summed E-state index contributed by atoms with van der Waals surface area (Å²) >= 11 is 0. The molecule has 27 heavy (non-hydrogen) atoms. The number of rotatable bonds is 9. The number of amides is 4. The van der Waals surface area contributed by atoms with Gasteiger partial charge in [0.15, 0.2) is 0 Å². The van der Waals surface area contributed by atoms with Gasteiger partial charge in [-0.2, -0.15) is 0 Å². The molecule has 0 saturated carbocycles. The minimum absolute atomic E-state index is 0.0897. The zero-order valence-corrected chi connectivity index (χ0v) is 16.3. The molecule has 0 fully saturated rings. The Morgan fingerprint density at radius 3 is 1.74 bits per heavy atom. The van der Waals surface area contributed by atoms with Crippen LogP contribution in [0, 0.1) is 0 Å². The second kappa shape index (κ2) is 13.2. The number of ether oxygens (including phenoxy) is 2. The van der Waals surface area contributed by atoms with E-state index in [0.29, 0.717) is 17.9 Å². The number of imide groups is 2. The van der Waals surface area contributed by atoms with E-state index in [-0.39, 0.29) is 19.3 Å². The number of hydrogen-bond acceptors (Lipinski definition) is 8. The van der Waals surface area contributed by atoms with Gasteiger partial charge in [-0.25, -0.2) is 9.59 Å². The molecule has 0 aromatic rings. The zero-order valence-electron chi connectivity index (χ0n) is 16.3. The van der Waals surface area contributed by atoms with E-state index in [0.717, 1.165) is 0 Å². The first-order valence-corrected chi connectivity index (χ1v) is 8.50. The Morgan fingerprint density at radius 1 is 0.852 bits per heavy atom. The van der Waals surface area contributed by atoms with E-state index < -0.39 is 24.0 Å². The molecular formula is C17H28N4O6. The van der Waals surface area contributed by atoms with Crippen molar-refractivity contribution in [1.82, 2.24) is 21.3 Å². The lowest BCUT2D eigenvalue weighted by molar-refractivity contribution is -0.116. The number of hydrogen-bond donors (Lipinski definition) is 4. The monoisotopic (exact) mass is 384 g/mol. The normalized spacial score (nSPS) is 12.5. The van der Waals surface area contributed by atoms with Gasteiger partial charge in [0.05, 0.1) is 13.2 Å². The van der Waals surface area contributed by atoms with Crippen LogP contribution in [0.5, 0.6) is 0 Å². The molecule has 0 rings (SSSR count). The quantitative estimate of drug-likeness (QED) is 0.431. The maximum Gasteiger partial charge on any atom is 0.414 e. The molecule has 0 spiro atoms. The Bertz CT molecular complexity index is 600. The molecule has 0 bridgehead atoms. The van der Waals surface area contributed by atoms with Crippen molar-refractivity contribution in [2.45, 2.75) is 40.7 Å². The molecule has 0 aliphatic rings. The molecule has 10 heteroatoms. The molecule has 0 aromatic heterocycles. The van der Waals surface area contributed by atoms with Crippen LogP contribution in [0.4, 0.5) is 9.59 Å². The van der Waals surface area contributed by atoms with Gasteiger partial charge in [-0.3, -0.25) is 20.2 Å². The summed E-state index contributed by atoms with van der Waals surface area (Å²) in [5.41, 5.74) is 1.10. The largest absolute Gasteiger partial charge is 0.450 e. The predicted octanol–water partition coefficient (Wildman–Crippen LogP) is 0.907. The van der Waals surface area contributed by atoms with Crippen LogP contribution in [-0.2, 0) is 19.1 Å². The van der Waals surface area contributed by atoms with Crippen molar-refractivity contribution in [3.05, 3.63) is 23.5 Å². The second-order valence-electron chi connectivity index (χ2n) is 5.50. The fourth-order valence-corrected chi connectivity index (χ4v) is 1.85. The van der Waals surface area contributed by atoms with Crippen molar-refractivity contribution in [2.24, 2.45) is 0 Å². The molecule has 1 atom stereocenters. The van der Waals surface area contributed by atoms with Crippen LogP contribution in [0.25, 0.3) is 0 Å². The lowest BCUT2D eigenvalue weighted by Crippen LogP contribution is -2.36. The van der Waals surface area contributed by atoms with E-state index in [9.17, 15) is 19.2 Å². The van der Waals surface area contributed by atoms with E-state index in [1.807, 2.05) is 6.92 Å². The van der Waals surface area contributed by atoms with E-state index in [2.05, 4.69) is 30.7 Å². The summed E-state index contributed by atoms with van der Waals surface area (Å²) in [4.78, 5) is 45.5. The van der Waals surface area contributed by atoms with Crippen molar-refractivity contribution in [3.8, 4) is 0 Å². The van der Waals surface area contributed by atoms with Crippen LogP contribution >= 0.6 is 0 Å². The number of carbonyl (C=O) groups excluding carboxylic acids is 4. The zero-order chi connectivity index (χ0) is 20.8. The van der Waals surface area contributed by atoms with Crippen LogP contribution < -0.4 is 21.3 Å². The molecule has 4 amide bonds. The third-order valence-electron chi connectivity index (χ3n) is 2.86. The minimum atomic E-state index is -0.803. The van der Waals surface area contributed by atoms with Gasteiger partial charge in [-0.1, -0.05) is 0 Å². The molecule has 0 radical (unpaired) electrons. The average molecular weight is 384 g/mol. The van der Waals surface area contributed by atoms with Gasteiger partial charge in [0.25, 0.3) is 11.8 Å². The van der Waals surface area contributed by atoms with Crippen LogP contribution in [0.3, 0.4) is 0 Å². The SMILES string of the molecule is CCOC(=O)NC(=O)C=C(C)NCC(C)NC(C)=CC(=O)NC(=O)OCC. The highest BCUT2D eigenvalue weighted by Gasteiger charge is 2.08. The maximum absolute atomic E-state index is 11.6. The standard InChI is InChI=1S/C17H28N4O6/c1-6-26-16(24)20-14(22)8-11(3)18-10-13(5)19-12(4)9-15(23)21-17(25)27-7-2/h8-9,13,18-19H,6-7,10H2,1-5H3,(H,20,22,24)(H,21,23,25). The van der Waals surface area contributed by atoms with Gasteiger partial charge in [0, 0.05) is 36.1 Å². The van der Waals surface area contributed by atoms with Crippen LogP contribution in [0.2, 0.25) is 0 Å². The van der Waals surface area contributed by atoms with Gasteiger partial charge >= 0.3 is 12.2 Å². The van der Waals surface area contributed by atoms with Gasteiger partial charge in [0.2, 0.25) is 0 Å². The highest BCUT2D eigenvalue weighted by molar-refractivity contribution is 5.99. The van der Waals surface area contributed by atoms with Gasteiger partial charge in [-0.15, -0.1) is 0 Å². The van der Waals surface area contributed by atoms with Gasteiger partial charge < -0.3 is 20.1 Å². The third kappa shape index (κ3) is 12.9. The van der Waals surface area contributed by atoms with Crippen LogP contribution in [0.1, 0.15) is 34.6 Å². The van der Waals surface area contributed by atoms with E-state index in [1.54, 1.807) is 27.7 Å². The Labute approximate surface area is 158 Å². The lowest BCUT2D eigenvalue weighted by Gasteiger charge is -2.17. The fourth-order valence-electron chi connectivity index (χ4n) is 1.85. The molecule has 0 saturated heterocycles. The molecule has 152 valence electrons. The fraction of sp³-hybridized carbons (Fsp3) is 0.529. The highest BCUT2D eigenvalue weighted by Crippen LogP contribution is 1.94. The van der Waals surface area contributed by atoms with Gasteiger partial charge in [-0.05, 0) is 34.6 Å². The summed E-state index contributed by atoms with van der Waals surface area (Å²) in [6.07, 6.45) is 0.869. The van der Waals surface area contributed by atoms with E-state index >= 15 is 0 Å². The first kappa shape index (κ1) is 24.0. The Kier molecular flexibility index (Phi) is 11.7. The molecule has 0 aliphatic carbocycles. The van der Waals surface area contributed by atoms with Crippen molar-refractivity contribution in [2.75, 3.05) is 19.8 Å². The van der Waals surface area contributed by atoms with E-state index in [1.165, 1.54) is 12.2 Å². The third-order valence-corrected chi connectivity index (χ3v) is 2.86. The van der Waals surface area contributed by atoms with Crippen LogP contribution in [0.15, 0.2) is 23.5 Å². The first-order valence-electron chi connectivity index (χ1n) is 8.50. The van der Waals surface area contributed by atoms with E-state index in [4.69, 9.17) is 0 Å². The Morgan fingerprint density at radius 2 is 1.30 bits per heavy atom. The summed E-state index contributed by atoms with van der Waals surface area (Å²) in [6.45, 7) is 9.28. The lowest BCUT2D eigenvalue weighted by atomic mass is 10.3. The summed E-state index contributed by atoms with van der Waals surface area (Å²) < 4.78 is 9.22. The Balaban J connectivity index is 4.35. The maximum atomic E-state index is 11.6. The molecule has 4 N–H and O–H groups in total. The van der Waals surface area contributed by atoms with Crippen molar-refractivity contribution in [3.63, 3.8) is 0 Å². The number of allylic oxidation sites excluding steroid dienone is 2. The molecule has 10 nitrogen and oxygen atoms in total. The summed E-state index contributed by atoms with van der Waals surface area (Å²) in [6, 6.07) is -0.0897. The number of alkyl carbamates (subject to hydrolysis) is 2. The summed E-state index contributed by atoms with van der Waals surface area (Å²) in [7, 11) is 0. The minimum Gasteiger partial charge on any atom is -0.450 e. The Hall–Kier alpha value is -3.04. The van der Waals surface area contributed by atoms with Crippen molar-refractivity contribution in [1.29, 1.82) is 0 Å². The molecule has 0 aromatic carbocycles. The molecule has 0 heterocycles. The summed E-state index contributed by atoms with van der Waals surface area (Å²) in [5, 5.41) is 10.2. The van der Waals surface area contributed by atoms with Crippen molar-refractivity contribution >= 4 is 24.0 Å². The molecular weight excluding hydrogens is 356 g/mol. The highest BCUT2D eigenvalue weighted by atomic mass is 16.6. The van der Waals surface area contributed by atoms with Gasteiger partial charge in [0.1, 0.15) is 0 Å². The van der Waals surface area contributed by atoms with Crippen molar-refractivity contribution < 1.29 is 28.7 Å². The second-order valence-corrected chi connectivity index (χ2v) is 5.50. The smallest absolute Gasteiger partial charge is 0.414 e. The topological polar surface area (TPSA) is 135 Å². The first-order chi connectivity index (χ1) is 12.7. The number of nitrogens with one attached hydrogen (secondary N) is 4. The number of carbonyl (C=O) groups is 4. The molecule has 0 aliphatic heterocycles.